The second-order valence-electron chi connectivity index (χ2n) is 20.8. The summed E-state index contributed by atoms with van der Waals surface area (Å²) in [6.45, 7) is 6.97. The van der Waals surface area contributed by atoms with Crippen molar-refractivity contribution in [3.05, 3.63) is 48.6 Å². The average molecular weight is 993 g/mol. The molecule has 0 aromatic carbocycles. The van der Waals surface area contributed by atoms with E-state index in [0.717, 1.165) is 96.3 Å². The molecule has 0 fully saturated rings. The van der Waals surface area contributed by atoms with Gasteiger partial charge in [0.05, 0.1) is 33.8 Å². The number of nitrogens with one attached hydrogen (secondary N) is 1. The topological polar surface area (TPSA) is 111 Å². The van der Waals surface area contributed by atoms with Crippen molar-refractivity contribution in [3.8, 4) is 0 Å². The first-order valence-corrected chi connectivity index (χ1v) is 30.5. The van der Waals surface area contributed by atoms with E-state index in [9.17, 15) is 19.0 Å². The summed E-state index contributed by atoms with van der Waals surface area (Å²) in [4.78, 5) is 37.6. The summed E-state index contributed by atoms with van der Waals surface area (Å²) in [5, 5.41) is 3.04. The largest absolute Gasteiger partial charge is 0.472 e. The van der Waals surface area contributed by atoms with Crippen LogP contribution < -0.4 is 5.32 Å². The molecule has 0 heterocycles. The maximum atomic E-state index is 13.5. The minimum atomic E-state index is -4.45. The number of quaternary nitrogens is 1. The van der Waals surface area contributed by atoms with E-state index in [4.69, 9.17) is 13.8 Å². The fourth-order valence-electron chi connectivity index (χ4n) is 8.22. The van der Waals surface area contributed by atoms with E-state index >= 15 is 0 Å². The van der Waals surface area contributed by atoms with Crippen LogP contribution in [0.3, 0.4) is 0 Å². The Morgan fingerprint density at radius 3 is 1.35 bits per heavy atom. The van der Waals surface area contributed by atoms with E-state index in [-0.39, 0.29) is 31.5 Å². The minimum absolute atomic E-state index is 0.0366. The van der Waals surface area contributed by atoms with E-state index in [1.54, 1.807) is 0 Å². The molecule has 0 aliphatic carbocycles. The number of carbonyl (C=O) groups is 2. The van der Waals surface area contributed by atoms with Gasteiger partial charge in [-0.25, -0.2) is 4.57 Å². The van der Waals surface area contributed by atoms with Gasteiger partial charge in [-0.2, -0.15) is 0 Å². The van der Waals surface area contributed by atoms with Crippen LogP contribution in [0.2, 0.25) is 0 Å². The fourth-order valence-corrected chi connectivity index (χ4v) is 8.95. The van der Waals surface area contributed by atoms with Crippen molar-refractivity contribution in [1.82, 2.24) is 5.32 Å². The van der Waals surface area contributed by atoms with Crippen LogP contribution >= 0.6 is 7.82 Å². The number of likely N-dealkylation sites (N-methyl/N-ethyl adjacent to an activating group) is 1. The molecule has 0 aromatic heterocycles. The first-order chi connectivity index (χ1) is 33.4. The zero-order valence-electron chi connectivity index (χ0n) is 46.1. The van der Waals surface area contributed by atoms with Crippen LogP contribution in [0.1, 0.15) is 265 Å². The molecule has 3 atom stereocenters. The van der Waals surface area contributed by atoms with Gasteiger partial charge in [-0.15, -0.1) is 0 Å². The molecule has 1 amide bonds. The predicted molar refractivity (Wildman–Crippen MR) is 295 cm³/mol. The molecule has 3 unspecified atom stereocenters. The first kappa shape index (κ1) is 67.0. The Hall–Kier alpha value is -2.03. The predicted octanol–water partition coefficient (Wildman–Crippen LogP) is 17.3. The number of hydrogen-bond acceptors (Lipinski definition) is 6. The summed E-state index contributed by atoms with van der Waals surface area (Å²) < 4.78 is 30.6. The monoisotopic (exact) mass is 992 g/mol. The molecule has 0 aliphatic heterocycles. The number of phosphoric acid groups is 1. The van der Waals surface area contributed by atoms with E-state index in [1.165, 1.54) is 135 Å². The Balaban J connectivity index is 5.37. The number of hydrogen-bond donors (Lipinski definition) is 2. The van der Waals surface area contributed by atoms with Crippen molar-refractivity contribution in [3.63, 3.8) is 0 Å². The van der Waals surface area contributed by atoms with Crippen LogP contribution in [0.4, 0.5) is 0 Å². The molecule has 0 aliphatic rings. The highest BCUT2D eigenvalue weighted by molar-refractivity contribution is 7.47. The quantitative estimate of drug-likeness (QED) is 0.0156. The lowest BCUT2D eigenvalue weighted by atomic mass is 10.0. The number of allylic oxidation sites excluding steroid dienone is 7. The molecule has 0 rings (SSSR count). The maximum absolute atomic E-state index is 13.5. The third-order valence-corrected chi connectivity index (χ3v) is 13.8. The fraction of sp³-hybridized carbons (Fsp3) is 0.831. The molecule has 0 saturated carbocycles. The van der Waals surface area contributed by atoms with E-state index < -0.39 is 20.0 Å². The van der Waals surface area contributed by atoms with Crippen LogP contribution in [-0.4, -0.2) is 74.3 Å². The molecular weight excluding hydrogens is 880 g/mol. The SMILES string of the molecule is CCCCC/C=C/C=C/CCCCCCCCC(=O)OC(/C=C/CCCCCCCCCCCC)C(COP(=O)(O)OCC[N+](C)(C)C)NC(=O)CCCCCCC/C=C/CCCCCCCCC. The Labute approximate surface area is 427 Å². The van der Waals surface area contributed by atoms with Gasteiger partial charge >= 0.3 is 13.8 Å². The summed E-state index contributed by atoms with van der Waals surface area (Å²) in [5.74, 6) is -0.524. The zero-order valence-corrected chi connectivity index (χ0v) is 47.0. The molecule has 2 N–H and O–H groups in total. The van der Waals surface area contributed by atoms with Crippen LogP contribution in [0, 0.1) is 0 Å². The Kier molecular flexibility index (Phi) is 48.1. The summed E-state index contributed by atoms with van der Waals surface area (Å²) in [5.41, 5.74) is 0. The van der Waals surface area contributed by atoms with Crippen LogP contribution in [0.15, 0.2) is 48.6 Å². The Bertz CT molecular complexity index is 1330. The molecule has 404 valence electrons. The third kappa shape index (κ3) is 50.7. The van der Waals surface area contributed by atoms with Crippen LogP contribution in [0.25, 0.3) is 0 Å². The summed E-state index contributed by atoms with van der Waals surface area (Å²) in [6.07, 6.45) is 59.5. The molecule has 10 heteroatoms. The van der Waals surface area contributed by atoms with Gasteiger partial charge in [0.2, 0.25) is 5.91 Å². The Morgan fingerprint density at radius 2 is 0.884 bits per heavy atom. The molecule has 0 saturated heterocycles. The van der Waals surface area contributed by atoms with Crippen molar-refractivity contribution in [2.45, 2.75) is 277 Å². The molecule has 0 aromatic rings. The molecule has 0 radical (unpaired) electrons. The summed E-state index contributed by atoms with van der Waals surface area (Å²) in [7, 11) is 1.48. The van der Waals surface area contributed by atoms with Gasteiger partial charge in [0.1, 0.15) is 19.3 Å². The van der Waals surface area contributed by atoms with E-state index in [1.807, 2.05) is 33.3 Å². The van der Waals surface area contributed by atoms with Crippen molar-refractivity contribution in [1.29, 1.82) is 0 Å². The van der Waals surface area contributed by atoms with Crippen LogP contribution in [0.5, 0.6) is 0 Å². The molecular formula is C59H112N2O7P+. The summed E-state index contributed by atoms with van der Waals surface area (Å²) >= 11 is 0. The number of esters is 1. The van der Waals surface area contributed by atoms with Crippen molar-refractivity contribution in [2.24, 2.45) is 0 Å². The van der Waals surface area contributed by atoms with Crippen molar-refractivity contribution >= 4 is 19.7 Å². The molecule has 9 nitrogen and oxygen atoms in total. The van der Waals surface area contributed by atoms with Gasteiger partial charge in [-0.1, -0.05) is 217 Å². The number of unbranched alkanes of at least 4 members (excludes halogenated alkanes) is 31. The number of carbonyl (C=O) groups excluding carboxylic acids is 2. The molecule has 0 spiro atoms. The lowest BCUT2D eigenvalue weighted by Crippen LogP contribution is -2.47. The number of amides is 1. The summed E-state index contributed by atoms with van der Waals surface area (Å²) in [6, 6.07) is -0.855. The lowest BCUT2D eigenvalue weighted by Gasteiger charge is -2.27. The van der Waals surface area contributed by atoms with Crippen LogP contribution in [-0.2, 0) is 27.9 Å². The van der Waals surface area contributed by atoms with Gasteiger partial charge in [0.25, 0.3) is 0 Å². The van der Waals surface area contributed by atoms with E-state index in [0.29, 0.717) is 17.4 Å². The van der Waals surface area contributed by atoms with Gasteiger partial charge in [0, 0.05) is 12.8 Å². The van der Waals surface area contributed by atoms with Gasteiger partial charge in [0.15, 0.2) is 0 Å². The normalized spacial score (nSPS) is 14.1. The Morgan fingerprint density at radius 1 is 0.507 bits per heavy atom. The lowest BCUT2D eigenvalue weighted by molar-refractivity contribution is -0.870. The highest BCUT2D eigenvalue weighted by Gasteiger charge is 2.30. The highest BCUT2D eigenvalue weighted by atomic mass is 31.2. The average Bonchev–Trinajstić information content (AvgIpc) is 3.31. The number of ether oxygens (including phenoxy) is 1. The molecule has 0 bridgehead atoms. The van der Waals surface area contributed by atoms with Gasteiger partial charge < -0.3 is 19.4 Å². The number of phosphoric ester groups is 1. The first-order valence-electron chi connectivity index (χ1n) is 29.0. The van der Waals surface area contributed by atoms with Gasteiger partial charge in [-0.3, -0.25) is 18.6 Å². The molecule has 69 heavy (non-hydrogen) atoms. The number of rotatable bonds is 52. The highest BCUT2D eigenvalue weighted by Crippen LogP contribution is 2.43. The standard InChI is InChI=1S/C59H111N2O7P/c1-7-10-13-16-19-22-25-28-30-32-33-36-39-42-45-48-51-58(62)60-56(55-67-69(64,65)66-54-53-61(4,5)6)57(50-47-44-41-38-35-27-24-21-18-15-12-9-3)68-59(63)52-49-46-43-40-37-34-31-29-26-23-20-17-14-11-8-2/h20,23,26,29-30,32,47,50,56-57H,7-19,21-22,24-25,27-28,31,33-46,48-49,51-55H2,1-6H3,(H-,60,62,64,65)/p+1/b23-20+,29-26+,32-30+,50-47+. The van der Waals surface area contributed by atoms with E-state index in [2.05, 4.69) is 62.5 Å². The van der Waals surface area contributed by atoms with Gasteiger partial charge in [-0.05, 0) is 83.1 Å². The second kappa shape index (κ2) is 49.5. The van der Waals surface area contributed by atoms with Crippen molar-refractivity contribution < 1.29 is 37.3 Å². The zero-order chi connectivity index (χ0) is 50.8. The third-order valence-electron chi connectivity index (χ3n) is 12.8. The maximum Gasteiger partial charge on any atom is 0.472 e. The van der Waals surface area contributed by atoms with Crippen molar-refractivity contribution in [2.75, 3.05) is 40.9 Å². The number of nitrogens with zero attached hydrogens (tertiary/aromatic N) is 1. The minimum Gasteiger partial charge on any atom is -0.456 e. The smallest absolute Gasteiger partial charge is 0.456 e. The second-order valence-corrected chi connectivity index (χ2v) is 22.3.